The van der Waals surface area contributed by atoms with Crippen LogP contribution in [-0.4, -0.2) is 17.2 Å². The van der Waals surface area contributed by atoms with Gasteiger partial charge in [0, 0.05) is 11.6 Å². The maximum atomic E-state index is 6.05. The van der Waals surface area contributed by atoms with Crippen LogP contribution in [0.15, 0.2) is 28.7 Å². The average Bonchev–Trinajstić information content (AvgIpc) is 2.86. The smallest absolute Gasteiger partial charge is 0.315 e. The minimum Gasteiger partial charge on any atom is -0.406 e. The van der Waals surface area contributed by atoms with Gasteiger partial charge in [0.25, 0.3) is 0 Å². The average molecular weight is 267 g/mol. The van der Waals surface area contributed by atoms with Gasteiger partial charge in [0.05, 0.1) is 6.04 Å². The first-order valence-corrected chi connectivity index (χ1v) is 6.06. The molecular formula is C12H15ClN4O. The highest BCUT2D eigenvalue weighted by Gasteiger charge is 2.11. The van der Waals surface area contributed by atoms with Gasteiger partial charge in [-0.1, -0.05) is 34.9 Å². The van der Waals surface area contributed by atoms with Crippen molar-refractivity contribution in [2.45, 2.75) is 19.5 Å². The Hall–Kier alpha value is -1.59. The Morgan fingerprint density at radius 1 is 1.33 bits per heavy atom. The predicted octanol–water partition coefficient (Wildman–Crippen LogP) is 2.62. The Balaban J connectivity index is 1.98. The fourth-order valence-electron chi connectivity index (χ4n) is 1.42. The molecule has 0 fully saturated rings. The summed E-state index contributed by atoms with van der Waals surface area (Å²) in [5.74, 6) is 0.555. The topological polar surface area (TPSA) is 63.0 Å². The molecule has 1 aromatic carbocycles. The quantitative estimate of drug-likeness (QED) is 0.871. The van der Waals surface area contributed by atoms with Crippen molar-refractivity contribution in [1.82, 2.24) is 15.5 Å². The monoisotopic (exact) mass is 266 g/mol. The van der Waals surface area contributed by atoms with Crippen molar-refractivity contribution in [1.29, 1.82) is 0 Å². The second-order valence-electron chi connectivity index (χ2n) is 3.90. The fourth-order valence-corrected chi connectivity index (χ4v) is 1.62. The summed E-state index contributed by atoms with van der Waals surface area (Å²) >= 11 is 6.05. The zero-order valence-corrected chi connectivity index (χ0v) is 11.0. The maximum Gasteiger partial charge on any atom is 0.315 e. The molecule has 18 heavy (non-hydrogen) atoms. The van der Waals surface area contributed by atoms with Crippen molar-refractivity contribution in [3.8, 4) is 0 Å². The van der Waals surface area contributed by atoms with Gasteiger partial charge in [-0.15, -0.1) is 5.10 Å². The lowest BCUT2D eigenvalue weighted by Gasteiger charge is -2.04. The number of halogens is 1. The Morgan fingerprint density at radius 3 is 2.83 bits per heavy atom. The standard InChI is InChI=1S/C12H15ClN4O/c1-8(14-2)11-16-17-12(18-11)15-7-9-5-3-4-6-10(9)13/h3-6,8,14H,7H2,1-2H3,(H,15,17). The Morgan fingerprint density at radius 2 is 2.11 bits per heavy atom. The zero-order valence-electron chi connectivity index (χ0n) is 10.3. The summed E-state index contributed by atoms with van der Waals surface area (Å²) < 4.78 is 5.46. The molecule has 2 rings (SSSR count). The molecule has 5 nitrogen and oxygen atoms in total. The van der Waals surface area contributed by atoms with Crippen LogP contribution < -0.4 is 10.6 Å². The van der Waals surface area contributed by atoms with E-state index < -0.39 is 0 Å². The summed E-state index contributed by atoms with van der Waals surface area (Å²) in [5.41, 5.74) is 0.987. The first-order chi connectivity index (χ1) is 8.70. The number of nitrogens with zero attached hydrogens (tertiary/aromatic N) is 2. The second-order valence-corrected chi connectivity index (χ2v) is 4.31. The summed E-state index contributed by atoms with van der Waals surface area (Å²) in [7, 11) is 1.84. The molecule has 0 aliphatic heterocycles. The lowest BCUT2D eigenvalue weighted by atomic mass is 10.2. The first kappa shape index (κ1) is 12.9. The molecule has 6 heteroatoms. The van der Waals surface area contributed by atoms with Crippen molar-refractivity contribution in [2.75, 3.05) is 12.4 Å². The highest BCUT2D eigenvalue weighted by molar-refractivity contribution is 6.31. The van der Waals surface area contributed by atoms with Gasteiger partial charge < -0.3 is 15.1 Å². The zero-order chi connectivity index (χ0) is 13.0. The molecule has 0 spiro atoms. The lowest BCUT2D eigenvalue weighted by Crippen LogP contribution is -2.12. The number of benzene rings is 1. The van der Waals surface area contributed by atoms with E-state index in [0.717, 1.165) is 5.56 Å². The van der Waals surface area contributed by atoms with Gasteiger partial charge in [-0.3, -0.25) is 0 Å². The Bertz CT molecular complexity index is 514. The van der Waals surface area contributed by atoms with Crippen molar-refractivity contribution in [2.24, 2.45) is 0 Å². The van der Waals surface area contributed by atoms with Crippen molar-refractivity contribution in [3.05, 3.63) is 40.7 Å². The summed E-state index contributed by atoms with van der Waals surface area (Å²) in [4.78, 5) is 0. The van der Waals surface area contributed by atoms with E-state index in [4.69, 9.17) is 16.0 Å². The molecule has 96 valence electrons. The van der Waals surface area contributed by atoms with Crippen LogP contribution in [0.1, 0.15) is 24.4 Å². The van der Waals surface area contributed by atoms with Crippen LogP contribution in [0.2, 0.25) is 5.02 Å². The third-order valence-corrected chi connectivity index (χ3v) is 3.00. The van der Waals surface area contributed by atoms with Crippen LogP contribution in [0, 0.1) is 0 Å². The number of nitrogens with one attached hydrogen (secondary N) is 2. The Labute approximate surface area is 111 Å². The minimum absolute atomic E-state index is 0.0355. The van der Waals surface area contributed by atoms with E-state index >= 15 is 0 Å². The Kier molecular flexibility index (Phi) is 4.17. The number of aromatic nitrogens is 2. The van der Waals surface area contributed by atoms with E-state index in [1.54, 1.807) is 0 Å². The van der Waals surface area contributed by atoms with Crippen LogP contribution >= 0.6 is 11.6 Å². The summed E-state index contributed by atoms with van der Waals surface area (Å²) in [6, 6.07) is 8.06. The molecule has 1 unspecified atom stereocenters. The number of anilines is 1. The minimum atomic E-state index is 0.0355. The lowest BCUT2D eigenvalue weighted by molar-refractivity contribution is 0.441. The molecule has 1 heterocycles. The molecule has 1 aromatic heterocycles. The van der Waals surface area contributed by atoms with Crippen LogP contribution in [-0.2, 0) is 6.54 Å². The molecule has 0 saturated heterocycles. The highest BCUT2D eigenvalue weighted by atomic mass is 35.5. The van der Waals surface area contributed by atoms with Crippen molar-refractivity contribution in [3.63, 3.8) is 0 Å². The number of rotatable bonds is 5. The largest absolute Gasteiger partial charge is 0.406 e. The molecule has 0 amide bonds. The molecule has 2 aromatic rings. The SMILES string of the molecule is CNC(C)c1nnc(NCc2ccccc2Cl)o1. The summed E-state index contributed by atoms with van der Waals surface area (Å²) in [6.07, 6.45) is 0. The van der Waals surface area contributed by atoms with Crippen molar-refractivity contribution >= 4 is 17.6 Å². The second kappa shape index (κ2) is 5.84. The van der Waals surface area contributed by atoms with Gasteiger partial charge in [0.1, 0.15) is 0 Å². The third kappa shape index (κ3) is 3.00. The number of hydrogen-bond donors (Lipinski definition) is 2. The molecule has 0 aliphatic rings. The van der Waals surface area contributed by atoms with Crippen molar-refractivity contribution < 1.29 is 4.42 Å². The molecule has 0 aliphatic carbocycles. The van der Waals surface area contributed by atoms with Crippen LogP contribution in [0.4, 0.5) is 6.01 Å². The molecule has 0 saturated carbocycles. The normalized spacial score (nSPS) is 12.4. The predicted molar refractivity (Wildman–Crippen MR) is 70.6 cm³/mol. The van der Waals surface area contributed by atoms with Gasteiger partial charge in [-0.05, 0) is 25.6 Å². The summed E-state index contributed by atoms with van der Waals surface area (Å²) in [6.45, 7) is 2.50. The van der Waals surface area contributed by atoms with Gasteiger partial charge in [-0.25, -0.2) is 0 Å². The molecule has 0 bridgehead atoms. The van der Waals surface area contributed by atoms with Gasteiger partial charge in [0.2, 0.25) is 5.89 Å². The van der Waals surface area contributed by atoms with E-state index in [0.29, 0.717) is 23.5 Å². The molecule has 1 atom stereocenters. The number of hydrogen-bond acceptors (Lipinski definition) is 5. The first-order valence-electron chi connectivity index (χ1n) is 5.68. The van der Waals surface area contributed by atoms with Crippen LogP contribution in [0.5, 0.6) is 0 Å². The van der Waals surface area contributed by atoms with Gasteiger partial charge in [-0.2, -0.15) is 0 Å². The van der Waals surface area contributed by atoms with E-state index in [-0.39, 0.29) is 6.04 Å². The maximum absolute atomic E-state index is 6.05. The van der Waals surface area contributed by atoms with E-state index in [9.17, 15) is 0 Å². The van der Waals surface area contributed by atoms with Gasteiger partial charge >= 0.3 is 6.01 Å². The van der Waals surface area contributed by atoms with Crippen LogP contribution in [0.25, 0.3) is 0 Å². The molecule has 2 N–H and O–H groups in total. The molecular weight excluding hydrogens is 252 g/mol. The fraction of sp³-hybridized carbons (Fsp3) is 0.333. The highest BCUT2D eigenvalue weighted by Crippen LogP contribution is 2.17. The van der Waals surface area contributed by atoms with E-state index in [2.05, 4.69) is 20.8 Å². The summed E-state index contributed by atoms with van der Waals surface area (Å²) in [5, 5.41) is 14.7. The van der Waals surface area contributed by atoms with E-state index in [1.807, 2.05) is 38.2 Å². The third-order valence-electron chi connectivity index (χ3n) is 2.63. The van der Waals surface area contributed by atoms with Gasteiger partial charge in [0.15, 0.2) is 0 Å². The van der Waals surface area contributed by atoms with E-state index in [1.165, 1.54) is 0 Å². The van der Waals surface area contributed by atoms with Crippen LogP contribution in [0.3, 0.4) is 0 Å². The molecule has 0 radical (unpaired) electrons.